The van der Waals surface area contributed by atoms with Gasteiger partial charge in [0.05, 0.1) is 29.6 Å². The van der Waals surface area contributed by atoms with Gasteiger partial charge in [0.25, 0.3) is 15.9 Å². The van der Waals surface area contributed by atoms with Crippen LogP contribution in [0.2, 0.25) is 0 Å². The Balaban J connectivity index is 1.57. The number of halogens is 2. The van der Waals surface area contributed by atoms with Crippen LogP contribution in [0.4, 0.5) is 8.78 Å². The molecule has 1 saturated heterocycles. The molecule has 1 atom stereocenters. The van der Waals surface area contributed by atoms with Gasteiger partial charge < -0.3 is 4.90 Å². The SMILES string of the molecule is Cc1cc2c(cnn2-c2ccc(F)cc2)cc1[C@@H]1CN(S(=O)(=O)c2cnn(C)n2)CCN1C(=O)C(C)(C)F. The van der Waals surface area contributed by atoms with E-state index in [1.165, 1.54) is 48.4 Å². The lowest BCUT2D eigenvalue weighted by Crippen LogP contribution is -2.55. The fourth-order valence-electron chi connectivity index (χ4n) is 4.75. The average Bonchev–Trinajstić information content (AvgIpc) is 3.49. The van der Waals surface area contributed by atoms with E-state index in [0.717, 1.165) is 21.3 Å². The number of hydrogen-bond donors (Lipinski definition) is 0. The average molecular weight is 544 g/mol. The van der Waals surface area contributed by atoms with E-state index in [9.17, 15) is 22.0 Å². The highest BCUT2D eigenvalue weighted by molar-refractivity contribution is 7.89. The van der Waals surface area contributed by atoms with Gasteiger partial charge in [-0.25, -0.2) is 21.9 Å². The zero-order valence-electron chi connectivity index (χ0n) is 21.3. The van der Waals surface area contributed by atoms with Crippen LogP contribution in [0.5, 0.6) is 0 Å². The van der Waals surface area contributed by atoms with Crippen LogP contribution in [0.25, 0.3) is 16.6 Å². The number of hydrogen-bond acceptors (Lipinski definition) is 6. The number of alkyl halides is 1. The highest BCUT2D eigenvalue weighted by Gasteiger charge is 2.42. The molecule has 1 fully saturated rings. The Morgan fingerprint density at radius 2 is 1.79 bits per heavy atom. The van der Waals surface area contributed by atoms with E-state index >= 15 is 0 Å². The van der Waals surface area contributed by atoms with Crippen molar-refractivity contribution in [2.45, 2.75) is 37.5 Å². The zero-order chi connectivity index (χ0) is 27.4. The smallest absolute Gasteiger partial charge is 0.264 e. The van der Waals surface area contributed by atoms with Gasteiger partial charge in [0, 0.05) is 32.1 Å². The molecule has 200 valence electrons. The number of nitrogens with zero attached hydrogens (tertiary/aromatic N) is 7. The van der Waals surface area contributed by atoms with E-state index < -0.39 is 27.6 Å². The Labute approximate surface area is 218 Å². The minimum atomic E-state index is -4.00. The molecule has 0 saturated carbocycles. The van der Waals surface area contributed by atoms with Crippen LogP contribution < -0.4 is 0 Å². The molecular formula is C25H27F2N7O3S. The molecule has 4 aromatic rings. The summed E-state index contributed by atoms with van der Waals surface area (Å²) in [7, 11) is -2.48. The minimum absolute atomic E-state index is 0.00264. The lowest BCUT2D eigenvalue weighted by molar-refractivity contribution is -0.146. The van der Waals surface area contributed by atoms with Crippen LogP contribution in [0.15, 0.2) is 53.8 Å². The van der Waals surface area contributed by atoms with Crippen molar-refractivity contribution in [1.29, 1.82) is 0 Å². The molecule has 1 aliphatic heterocycles. The molecule has 38 heavy (non-hydrogen) atoms. The minimum Gasteiger partial charge on any atom is -0.330 e. The maximum Gasteiger partial charge on any atom is 0.264 e. The number of carbonyl (C=O) groups is 1. The van der Waals surface area contributed by atoms with Gasteiger partial charge in [0.1, 0.15) is 5.82 Å². The number of sulfonamides is 1. The predicted octanol–water partition coefficient (Wildman–Crippen LogP) is 2.92. The Hall–Kier alpha value is -3.71. The van der Waals surface area contributed by atoms with Crippen LogP contribution in [-0.2, 0) is 21.9 Å². The van der Waals surface area contributed by atoms with Crippen molar-refractivity contribution in [2.75, 3.05) is 19.6 Å². The standard InChI is InChI=1S/C25H27F2N7O3S/c1-16-11-21-17(13-29-34(21)19-7-5-18(26)6-8-19)12-20(16)22-15-32(9-10-33(22)24(35)25(2,3)27)38(36,37)23-14-28-31(4)30-23/h5-8,11-14,22H,9-10,15H2,1-4H3/t22-/m0/s1. The van der Waals surface area contributed by atoms with Crippen molar-refractivity contribution in [3.63, 3.8) is 0 Å². The second kappa shape index (κ2) is 9.24. The summed E-state index contributed by atoms with van der Waals surface area (Å²) in [6.45, 7) is 4.13. The van der Waals surface area contributed by atoms with E-state index in [1.54, 1.807) is 23.0 Å². The first-order chi connectivity index (χ1) is 17.9. The summed E-state index contributed by atoms with van der Waals surface area (Å²) in [6, 6.07) is 8.89. The lowest BCUT2D eigenvalue weighted by atomic mass is 9.95. The Morgan fingerprint density at radius 3 is 2.42 bits per heavy atom. The summed E-state index contributed by atoms with van der Waals surface area (Å²) in [5.41, 5.74) is 0.715. The third kappa shape index (κ3) is 4.56. The van der Waals surface area contributed by atoms with E-state index in [4.69, 9.17) is 0 Å². The molecule has 13 heteroatoms. The third-order valence-electron chi connectivity index (χ3n) is 6.68. The van der Waals surface area contributed by atoms with E-state index in [0.29, 0.717) is 11.3 Å². The van der Waals surface area contributed by atoms with Crippen LogP contribution in [0, 0.1) is 12.7 Å². The van der Waals surface area contributed by atoms with Crippen molar-refractivity contribution in [3.05, 3.63) is 65.7 Å². The molecule has 0 N–H and O–H groups in total. The number of benzene rings is 2. The number of piperazine rings is 1. The number of aromatic nitrogens is 5. The molecule has 1 aliphatic rings. The molecule has 2 aromatic heterocycles. The Kier molecular flexibility index (Phi) is 6.30. The number of carbonyl (C=O) groups excluding carboxylic acids is 1. The van der Waals surface area contributed by atoms with Gasteiger partial charge in [-0.2, -0.15) is 19.3 Å². The van der Waals surface area contributed by atoms with Gasteiger partial charge in [-0.15, -0.1) is 5.10 Å². The number of aryl methyl sites for hydroxylation is 2. The second-order valence-corrected chi connectivity index (χ2v) is 11.7. The van der Waals surface area contributed by atoms with Crippen molar-refractivity contribution in [1.82, 2.24) is 34.0 Å². The van der Waals surface area contributed by atoms with Crippen LogP contribution in [-0.4, -0.2) is 73.6 Å². The summed E-state index contributed by atoms with van der Waals surface area (Å²) in [4.78, 5) is 15.7. The highest BCUT2D eigenvalue weighted by atomic mass is 32.2. The highest BCUT2D eigenvalue weighted by Crippen LogP contribution is 2.35. The number of rotatable bonds is 5. The quantitative estimate of drug-likeness (QED) is 0.383. The fraction of sp³-hybridized carbons (Fsp3) is 0.360. The normalized spacial score (nSPS) is 17.3. The fourth-order valence-corrected chi connectivity index (χ4v) is 6.07. The van der Waals surface area contributed by atoms with Crippen LogP contribution in [0.1, 0.15) is 31.0 Å². The molecular weight excluding hydrogens is 516 g/mol. The molecule has 3 heterocycles. The van der Waals surface area contributed by atoms with Gasteiger partial charge in [-0.05, 0) is 68.3 Å². The Morgan fingerprint density at radius 1 is 1.08 bits per heavy atom. The van der Waals surface area contributed by atoms with Gasteiger partial charge in [-0.3, -0.25) is 4.79 Å². The predicted molar refractivity (Wildman–Crippen MR) is 135 cm³/mol. The van der Waals surface area contributed by atoms with Crippen LogP contribution in [0.3, 0.4) is 0 Å². The maximum absolute atomic E-state index is 14.8. The Bertz CT molecular complexity index is 1620. The van der Waals surface area contributed by atoms with E-state index in [-0.39, 0.29) is 30.5 Å². The first-order valence-corrected chi connectivity index (χ1v) is 13.4. The summed E-state index contributed by atoms with van der Waals surface area (Å²) in [5.74, 6) is -1.08. The molecule has 1 amide bonds. The second-order valence-electron chi connectivity index (χ2n) is 9.82. The van der Waals surface area contributed by atoms with E-state index in [1.807, 2.05) is 19.1 Å². The zero-order valence-corrected chi connectivity index (χ0v) is 22.2. The molecule has 0 unspecified atom stereocenters. The largest absolute Gasteiger partial charge is 0.330 e. The summed E-state index contributed by atoms with van der Waals surface area (Å²) < 4.78 is 57.8. The molecule has 0 radical (unpaired) electrons. The van der Waals surface area contributed by atoms with Gasteiger partial charge in [0.15, 0.2) is 5.67 Å². The molecule has 5 rings (SSSR count). The molecule has 0 aliphatic carbocycles. The number of amides is 1. The molecule has 10 nitrogen and oxygen atoms in total. The van der Waals surface area contributed by atoms with Gasteiger partial charge in [-0.1, -0.05) is 0 Å². The number of fused-ring (bicyclic) bond motifs is 1. The summed E-state index contributed by atoms with van der Waals surface area (Å²) in [5, 5.41) is 12.8. The summed E-state index contributed by atoms with van der Waals surface area (Å²) >= 11 is 0. The topological polar surface area (TPSA) is 106 Å². The third-order valence-corrected chi connectivity index (χ3v) is 8.41. The first-order valence-electron chi connectivity index (χ1n) is 12.0. The lowest BCUT2D eigenvalue weighted by Gasteiger charge is -2.42. The molecule has 2 aromatic carbocycles. The van der Waals surface area contributed by atoms with Gasteiger partial charge >= 0.3 is 0 Å². The van der Waals surface area contributed by atoms with Crippen molar-refractivity contribution in [3.8, 4) is 5.69 Å². The maximum atomic E-state index is 14.8. The molecule has 0 spiro atoms. The monoisotopic (exact) mass is 543 g/mol. The van der Waals surface area contributed by atoms with Crippen LogP contribution >= 0.6 is 0 Å². The first kappa shape index (κ1) is 25.9. The van der Waals surface area contributed by atoms with Crippen molar-refractivity contribution >= 4 is 26.8 Å². The molecule has 0 bridgehead atoms. The van der Waals surface area contributed by atoms with Gasteiger partial charge in [0.2, 0.25) is 5.03 Å². The summed E-state index contributed by atoms with van der Waals surface area (Å²) in [6.07, 6.45) is 2.82. The van der Waals surface area contributed by atoms with Crippen molar-refractivity contribution < 1.29 is 22.0 Å². The van der Waals surface area contributed by atoms with E-state index in [2.05, 4.69) is 15.3 Å². The van der Waals surface area contributed by atoms with Crippen molar-refractivity contribution in [2.24, 2.45) is 7.05 Å².